The first-order valence-electron chi connectivity index (χ1n) is 7.54. The fraction of sp³-hybridized carbons (Fsp3) is 1.00. The fourth-order valence-corrected chi connectivity index (χ4v) is 2.64. The average Bonchev–Trinajstić information content (AvgIpc) is 2.37. The summed E-state index contributed by atoms with van der Waals surface area (Å²) in [7, 11) is 0. The molecule has 0 aromatic carbocycles. The zero-order valence-corrected chi connectivity index (χ0v) is 11.9. The zero-order chi connectivity index (χ0) is 14.1. The van der Waals surface area contributed by atoms with Crippen LogP contribution in [0.5, 0.6) is 0 Å². The molecule has 2 nitrogen and oxygen atoms in total. The zero-order valence-electron chi connectivity index (χ0n) is 11.9. The third kappa shape index (κ3) is 7.16. The van der Waals surface area contributed by atoms with E-state index in [9.17, 15) is 13.2 Å². The van der Waals surface area contributed by atoms with Gasteiger partial charge in [0, 0.05) is 6.54 Å². The van der Waals surface area contributed by atoms with E-state index in [2.05, 4.69) is 12.2 Å². The van der Waals surface area contributed by atoms with Gasteiger partial charge in [-0.25, -0.2) is 0 Å². The second kappa shape index (κ2) is 8.80. The number of piperidine rings is 1. The van der Waals surface area contributed by atoms with Crippen LogP contribution in [0.2, 0.25) is 0 Å². The Labute approximate surface area is 114 Å². The highest BCUT2D eigenvalue weighted by Crippen LogP contribution is 2.33. The van der Waals surface area contributed by atoms with Crippen LogP contribution in [-0.4, -0.2) is 43.8 Å². The molecule has 1 heterocycles. The van der Waals surface area contributed by atoms with Gasteiger partial charge >= 0.3 is 6.18 Å². The van der Waals surface area contributed by atoms with Crippen molar-refractivity contribution in [1.29, 1.82) is 0 Å². The highest BCUT2D eigenvalue weighted by atomic mass is 19.4. The summed E-state index contributed by atoms with van der Waals surface area (Å²) < 4.78 is 37.9. The van der Waals surface area contributed by atoms with E-state index >= 15 is 0 Å². The van der Waals surface area contributed by atoms with Gasteiger partial charge in [-0.15, -0.1) is 0 Å². The monoisotopic (exact) mass is 280 g/mol. The number of nitrogens with one attached hydrogen (secondary N) is 1. The molecular weight excluding hydrogens is 253 g/mol. The molecule has 0 amide bonds. The summed E-state index contributed by atoms with van der Waals surface area (Å²) in [6.45, 7) is 6.02. The minimum atomic E-state index is -4.01. The van der Waals surface area contributed by atoms with Crippen molar-refractivity contribution < 1.29 is 13.2 Å². The van der Waals surface area contributed by atoms with E-state index in [0.717, 1.165) is 39.0 Å². The van der Waals surface area contributed by atoms with E-state index in [1.54, 1.807) is 0 Å². The van der Waals surface area contributed by atoms with Gasteiger partial charge in [0.25, 0.3) is 0 Å². The van der Waals surface area contributed by atoms with Gasteiger partial charge in [-0.3, -0.25) is 0 Å². The Balaban J connectivity index is 2.06. The topological polar surface area (TPSA) is 15.3 Å². The van der Waals surface area contributed by atoms with E-state index in [1.807, 2.05) is 4.90 Å². The van der Waals surface area contributed by atoms with E-state index in [1.165, 1.54) is 12.8 Å². The highest BCUT2D eigenvalue weighted by molar-refractivity contribution is 4.77. The van der Waals surface area contributed by atoms with Crippen molar-refractivity contribution in [2.45, 2.75) is 51.6 Å². The molecule has 5 heteroatoms. The van der Waals surface area contributed by atoms with Crippen LogP contribution in [0.4, 0.5) is 13.2 Å². The molecule has 1 fully saturated rings. The molecule has 0 aromatic rings. The lowest BCUT2D eigenvalue weighted by Gasteiger charge is -2.33. The smallest absolute Gasteiger partial charge is 0.317 e. The third-order valence-corrected chi connectivity index (χ3v) is 3.80. The van der Waals surface area contributed by atoms with Gasteiger partial charge in [-0.05, 0) is 51.9 Å². The highest BCUT2D eigenvalue weighted by Gasteiger charge is 2.41. The van der Waals surface area contributed by atoms with Crippen molar-refractivity contribution in [1.82, 2.24) is 10.2 Å². The minimum Gasteiger partial charge on any atom is -0.317 e. The number of hydrogen-bond acceptors (Lipinski definition) is 2. The van der Waals surface area contributed by atoms with Crippen molar-refractivity contribution >= 4 is 0 Å². The molecule has 0 spiro atoms. The molecule has 1 rings (SSSR count). The lowest BCUT2D eigenvalue weighted by molar-refractivity contribution is -0.186. The van der Waals surface area contributed by atoms with Crippen molar-refractivity contribution in [3.8, 4) is 0 Å². The normalized spacial score (nSPS) is 21.8. The van der Waals surface area contributed by atoms with Crippen LogP contribution in [0.25, 0.3) is 0 Å². The van der Waals surface area contributed by atoms with Crippen molar-refractivity contribution in [2.24, 2.45) is 5.92 Å². The molecule has 0 saturated carbocycles. The summed E-state index contributed by atoms with van der Waals surface area (Å²) >= 11 is 0. The molecule has 0 bridgehead atoms. The summed E-state index contributed by atoms with van der Waals surface area (Å²) in [6.07, 6.45) is 1.47. The average molecular weight is 280 g/mol. The van der Waals surface area contributed by atoms with E-state index in [4.69, 9.17) is 0 Å². The predicted octanol–water partition coefficient (Wildman–Crippen LogP) is 3.43. The molecule has 1 aliphatic rings. The number of alkyl halides is 3. The summed E-state index contributed by atoms with van der Waals surface area (Å²) in [5.41, 5.74) is 0. The second-order valence-corrected chi connectivity index (χ2v) is 5.45. The molecule has 19 heavy (non-hydrogen) atoms. The number of hydrogen-bond donors (Lipinski definition) is 1. The SMILES string of the molecule is CCNCCCCCCN1CCCC(C(F)(F)F)C1. The first-order chi connectivity index (χ1) is 9.04. The maximum atomic E-state index is 12.6. The fourth-order valence-electron chi connectivity index (χ4n) is 2.64. The molecule has 1 N–H and O–H groups in total. The summed E-state index contributed by atoms with van der Waals surface area (Å²) in [5, 5.41) is 3.28. The Morgan fingerprint density at radius 2 is 1.89 bits per heavy atom. The maximum absolute atomic E-state index is 12.6. The van der Waals surface area contributed by atoms with Gasteiger partial charge in [0.15, 0.2) is 0 Å². The molecule has 1 atom stereocenters. The van der Waals surface area contributed by atoms with Crippen molar-refractivity contribution in [3.05, 3.63) is 0 Å². The summed E-state index contributed by atoms with van der Waals surface area (Å²) in [4.78, 5) is 1.99. The summed E-state index contributed by atoms with van der Waals surface area (Å²) in [6, 6.07) is 0. The number of unbranched alkanes of at least 4 members (excludes halogenated alkanes) is 3. The lowest BCUT2D eigenvalue weighted by Crippen LogP contribution is -2.42. The molecular formula is C14H27F3N2. The van der Waals surface area contributed by atoms with Crippen LogP contribution in [0.3, 0.4) is 0 Å². The van der Waals surface area contributed by atoms with Crippen LogP contribution in [-0.2, 0) is 0 Å². The number of rotatable bonds is 8. The van der Waals surface area contributed by atoms with Gasteiger partial charge in [0.1, 0.15) is 0 Å². The largest absolute Gasteiger partial charge is 0.393 e. The van der Waals surface area contributed by atoms with Crippen LogP contribution in [0.1, 0.15) is 45.4 Å². The quantitative estimate of drug-likeness (QED) is 0.685. The molecule has 1 aliphatic heterocycles. The Kier molecular flexibility index (Phi) is 7.76. The third-order valence-electron chi connectivity index (χ3n) is 3.80. The first-order valence-corrected chi connectivity index (χ1v) is 7.54. The maximum Gasteiger partial charge on any atom is 0.393 e. The lowest BCUT2D eigenvalue weighted by atomic mass is 9.97. The van der Waals surface area contributed by atoms with E-state index in [-0.39, 0.29) is 6.54 Å². The van der Waals surface area contributed by atoms with E-state index < -0.39 is 12.1 Å². The molecule has 114 valence electrons. The Bertz CT molecular complexity index is 231. The van der Waals surface area contributed by atoms with E-state index in [0.29, 0.717) is 12.8 Å². The van der Waals surface area contributed by atoms with Crippen LogP contribution < -0.4 is 5.32 Å². The van der Waals surface area contributed by atoms with Crippen molar-refractivity contribution in [3.63, 3.8) is 0 Å². The molecule has 1 unspecified atom stereocenters. The van der Waals surface area contributed by atoms with Gasteiger partial charge in [-0.1, -0.05) is 19.8 Å². The van der Waals surface area contributed by atoms with Gasteiger partial charge in [-0.2, -0.15) is 13.2 Å². The van der Waals surface area contributed by atoms with Crippen LogP contribution >= 0.6 is 0 Å². The molecule has 0 aromatic heterocycles. The van der Waals surface area contributed by atoms with Gasteiger partial charge in [0.2, 0.25) is 0 Å². The van der Waals surface area contributed by atoms with Crippen LogP contribution in [0, 0.1) is 5.92 Å². The molecule has 1 saturated heterocycles. The Morgan fingerprint density at radius 3 is 2.58 bits per heavy atom. The Morgan fingerprint density at radius 1 is 1.16 bits per heavy atom. The Hall–Kier alpha value is -0.290. The van der Waals surface area contributed by atoms with Gasteiger partial charge < -0.3 is 10.2 Å². The molecule has 0 aliphatic carbocycles. The minimum absolute atomic E-state index is 0.209. The second-order valence-electron chi connectivity index (χ2n) is 5.45. The van der Waals surface area contributed by atoms with Crippen molar-refractivity contribution in [2.75, 3.05) is 32.7 Å². The first kappa shape index (κ1) is 16.8. The standard InChI is InChI=1S/C14H27F3N2/c1-2-18-9-5-3-4-6-10-19-11-7-8-13(12-19)14(15,16)17/h13,18H,2-12H2,1H3. The summed E-state index contributed by atoms with van der Waals surface area (Å²) in [5.74, 6) is -1.10. The number of likely N-dealkylation sites (tertiary alicyclic amines) is 1. The number of nitrogens with zero attached hydrogens (tertiary/aromatic N) is 1. The molecule has 0 radical (unpaired) electrons. The van der Waals surface area contributed by atoms with Gasteiger partial charge in [0.05, 0.1) is 5.92 Å². The van der Waals surface area contributed by atoms with Crippen LogP contribution in [0.15, 0.2) is 0 Å². The predicted molar refractivity (Wildman–Crippen MR) is 72.2 cm³/mol. The number of halogens is 3.